The van der Waals surface area contributed by atoms with Crippen molar-refractivity contribution >= 4 is 29.1 Å². The van der Waals surface area contributed by atoms with Gasteiger partial charge in [-0.3, -0.25) is 14.9 Å². The molecule has 1 heterocycles. The van der Waals surface area contributed by atoms with E-state index in [1.54, 1.807) is 12.1 Å². The third-order valence-electron chi connectivity index (χ3n) is 4.13. The van der Waals surface area contributed by atoms with Gasteiger partial charge in [-0.2, -0.15) is 0 Å². The van der Waals surface area contributed by atoms with E-state index in [1.165, 1.54) is 0 Å². The average Bonchev–Trinajstić information content (AvgIpc) is 2.69. The first-order valence-corrected chi connectivity index (χ1v) is 8.55. The maximum Gasteiger partial charge on any atom is 0.257 e. The average molecular weight is 353 g/mol. The van der Waals surface area contributed by atoms with Crippen molar-refractivity contribution in [2.75, 3.05) is 26.2 Å². The molecule has 0 radical (unpaired) electrons. The molecule has 1 fully saturated rings. The molecule has 2 amide bonds. The van der Waals surface area contributed by atoms with E-state index in [2.05, 4.69) is 5.32 Å². The molecule has 0 spiro atoms. The lowest BCUT2D eigenvalue weighted by Crippen LogP contribution is -2.53. The molecule has 6 heteroatoms. The smallest absolute Gasteiger partial charge is 0.257 e. The molecule has 1 saturated heterocycles. The molecule has 128 valence electrons. The van der Waals surface area contributed by atoms with Gasteiger partial charge in [-0.1, -0.05) is 36.4 Å². The lowest BCUT2D eigenvalue weighted by molar-refractivity contribution is 0.0689. The van der Waals surface area contributed by atoms with Gasteiger partial charge in [0.15, 0.2) is 5.11 Å². The van der Waals surface area contributed by atoms with Crippen LogP contribution >= 0.6 is 12.2 Å². The molecule has 0 saturated carbocycles. The van der Waals surface area contributed by atoms with Crippen LogP contribution in [0.15, 0.2) is 60.7 Å². The number of hydrogen-bond donors (Lipinski definition) is 1. The second-order valence-electron chi connectivity index (χ2n) is 5.77. The van der Waals surface area contributed by atoms with Crippen molar-refractivity contribution in [1.29, 1.82) is 0 Å². The minimum Gasteiger partial charge on any atom is -0.345 e. The van der Waals surface area contributed by atoms with Crippen LogP contribution in [0.3, 0.4) is 0 Å². The molecule has 2 aromatic rings. The normalized spacial score (nSPS) is 14.1. The highest BCUT2D eigenvalue weighted by atomic mass is 32.1. The minimum absolute atomic E-state index is 0.0273. The maximum absolute atomic E-state index is 12.4. The summed E-state index contributed by atoms with van der Waals surface area (Å²) in [6.45, 7) is 2.36. The molecule has 0 unspecified atom stereocenters. The van der Waals surface area contributed by atoms with Crippen LogP contribution in [-0.2, 0) is 0 Å². The van der Waals surface area contributed by atoms with Gasteiger partial charge >= 0.3 is 0 Å². The number of carbonyl (C=O) groups excluding carboxylic acids is 2. The van der Waals surface area contributed by atoms with Crippen LogP contribution in [0.5, 0.6) is 0 Å². The van der Waals surface area contributed by atoms with Crippen molar-refractivity contribution in [2.45, 2.75) is 0 Å². The van der Waals surface area contributed by atoms with E-state index in [9.17, 15) is 9.59 Å². The number of carbonyl (C=O) groups is 2. The Labute approximate surface area is 152 Å². The summed E-state index contributed by atoms with van der Waals surface area (Å²) in [6, 6.07) is 18.2. The van der Waals surface area contributed by atoms with E-state index in [4.69, 9.17) is 12.2 Å². The van der Waals surface area contributed by atoms with Gasteiger partial charge < -0.3 is 9.80 Å². The van der Waals surface area contributed by atoms with Crippen LogP contribution < -0.4 is 5.32 Å². The number of rotatable bonds is 2. The number of nitrogens with zero attached hydrogens (tertiary/aromatic N) is 2. The predicted molar refractivity (Wildman–Crippen MR) is 100 cm³/mol. The summed E-state index contributed by atoms with van der Waals surface area (Å²) in [5.74, 6) is -0.187. The Bertz CT molecular complexity index is 757. The molecule has 25 heavy (non-hydrogen) atoms. The molecule has 3 rings (SSSR count). The van der Waals surface area contributed by atoms with Gasteiger partial charge in [0.2, 0.25) is 0 Å². The Morgan fingerprint density at radius 3 is 1.80 bits per heavy atom. The highest BCUT2D eigenvalue weighted by Gasteiger charge is 2.24. The first-order chi connectivity index (χ1) is 12.1. The number of benzene rings is 2. The fourth-order valence-electron chi connectivity index (χ4n) is 2.71. The Kier molecular flexibility index (Phi) is 5.40. The van der Waals surface area contributed by atoms with Gasteiger partial charge in [0, 0.05) is 37.3 Å². The number of piperazine rings is 1. The van der Waals surface area contributed by atoms with Crippen LogP contribution in [0.2, 0.25) is 0 Å². The Morgan fingerprint density at radius 2 is 1.24 bits per heavy atom. The van der Waals surface area contributed by atoms with Crippen molar-refractivity contribution in [3.05, 3.63) is 71.8 Å². The third kappa shape index (κ3) is 4.22. The van der Waals surface area contributed by atoms with Gasteiger partial charge in [0.05, 0.1) is 0 Å². The molecular formula is C19H19N3O2S. The van der Waals surface area contributed by atoms with E-state index in [1.807, 2.05) is 58.3 Å². The molecule has 0 aliphatic carbocycles. The zero-order chi connectivity index (χ0) is 17.6. The zero-order valence-corrected chi connectivity index (χ0v) is 14.5. The van der Waals surface area contributed by atoms with E-state index in [0.717, 1.165) is 0 Å². The summed E-state index contributed by atoms with van der Waals surface area (Å²) in [7, 11) is 0. The first-order valence-electron chi connectivity index (χ1n) is 8.15. The largest absolute Gasteiger partial charge is 0.345 e. The lowest BCUT2D eigenvalue weighted by atomic mass is 10.2. The predicted octanol–water partition coefficient (Wildman–Crippen LogP) is 2.16. The topological polar surface area (TPSA) is 52.7 Å². The van der Waals surface area contributed by atoms with E-state index < -0.39 is 0 Å². The Balaban J connectivity index is 1.53. The maximum atomic E-state index is 12.4. The van der Waals surface area contributed by atoms with Crippen LogP contribution in [-0.4, -0.2) is 52.9 Å². The van der Waals surface area contributed by atoms with Crippen molar-refractivity contribution in [1.82, 2.24) is 15.1 Å². The monoisotopic (exact) mass is 353 g/mol. The highest BCUT2D eigenvalue weighted by molar-refractivity contribution is 7.80. The van der Waals surface area contributed by atoms with Crippen molar-refractivity contribution < 1.29 is 9.59 Å². The summed E-state index contributed by atoms with van der Waals surface area (Å²) in [5.41, 5.74) is 1.26. The summed E-state index contributed by atoms with van der Waals surface area (Å²) < 4.78 is 0. The van der Waals surface area contributed by atoms with Crippen LogP contribution in [0.25, 0.3) is 0 Å². The minimum atomic E-state index is -0.214. The number of hydrogen-bond acceptors (Lipinski definition) is 3. The van der Waals surface area contributed by atoms with Crippen molar-refractivity contribution in [2.24, 2.45) is 0 Å². The summed E-state index contributed by atoms with van der Waals surface area (Å²) >= 11 is 5.34. The van der Waals surface area contributed by atoms with Crippen LogP contribution in [0.4, 0.5) is 0 Å². The second-order valence-corrected chi connectivity index (χ2v) is 6.16. The Morgan fingerprint density at radius 1 is 0.760 bits per heavy atom. The molecule has 1 aliphatic heterocycles. The summed E-state index contributed by atoms with van der Waals surface area (Å²) in [4.78, 5) is 28.3. The van der Waals surface area contributed by atoms with Gasteiger partial charge in [-0.15, -0.1) is 0 Å². The Hall–Kier alpha value is -2.73. The van der Waals surface area contributed by atoms with E-state index in [0.29, 0.717) is 42.4 Å². The molecule has 1 aliphatic rings. The standard InChI is InChI=1S/C19H19N3O2S/c23-17(15-7-3-1-4-8-15)20-19(25)22-13-11-21(12-14-22)18(24)16-9-5-2-6-10-16/h1-10H,11-14H2,(H,20,23,25). The second kappa shape index (κ2) is 7.90. The molecular weight excluding hydrogens is 334 g/mol. The lowest BCUT2D eigenvalue weighted by Gasteiger charge is -2.36. The SMILES string of the molecule is O=C(NC(=S)N1CCN(C(=O)c2ccccc2)CC1)c1ccccc1. The molecule has 0 aromatic heterocycles. The molecule has 1 N–H and O–H groups in total. The summed E-state index contributed by atoms with van der Waals surface area (Å²) in [5, 5.41) is 3.16. The number of thiocarbonyl (C=S) groups is 1. The van der Waals surface area contributed by atoms with Crippen molar-refractivity contribution in [3.63, 3.8) is 0 Å². The zero-order valence-electron chi connectivity index (χ0n) is 13.7. The molecule has 2 aromatic carbocycles. The molecule has 5 nitrogen and oxygen atoms in total. The third-order valence-corrected chi connectivity index (χ3v) is 4.49. The van der Waals surface area contributed by atoms with Gasteiger partial charge in [-0.05, 0) is 36.5 Å². The van der Waals surface area contributed by atoms with Gasteiger partial charge in [0.25, 0.3) is 11.8 Å². The van der Waals surface area contributed by atoms with Crippen LogP contribution in [0, 0.1) is 0 Å². The highest BCUT2D eigenvalue weighted by Crippen LogP contribution is 2.09. The van der Waals surface area contributed by atoms with Crippen LogP contribution in [0.1, 0.15) is 20.7 Å². The molecule has 0 bridgehead atoms. The van der Waals surface area contributed by atoms with Crippen molar-refractivity contribution in [3.8, 4) is 0 Å². The first kappa shape index (κ1) is 17.1. The summed E-state index contributed by atoms with van der Waals surface area (Å²) in [6.07, 6.45) is 0. The quantitative estimate of drug-likeness (QED) is 0.841. The van der Waals surface area contributed by atoms with Gasteiger partial charge in [0.1, 0.15) is 0 Å². The van der Waals surface area contributed by atoms with E-state index >= 15 is 0 Å². The van der Waals surface area contributed by atoms with Gasteiger partial charge in [-0.25, -0.2) is 0 Å². The fourth-order valence-corrected chi connectivity index (χ4v) is 2.99. The van der Waals surface area contributed by atoms with E-state index in [-0.39, 0.29) is 11.8 Å². The number of nitrogens with one attached hydrogen (secondary N) is 1. The number of amides is 2. The molecule has 0 atom stereocenters. The fraction of sp³-hybridized carbons (Fsp3) is 0.211.